The lowest BCUT2D eigenvalue weighted by Crippen LogP contribution is -2.11. The van der Waals surface area contributed by atoms with E-state index < -0.39 is 0 Å². The molecule has 11 aromatic rings. The van der Waals surface area contributed by atoms with Crippen molar-refractivity contribution < 1.29 is 8.83 Å². The number of para-hydroxylation sites is 2. The van der Waals surface area contributed by atoms with E-state index in [4.69, 9.17) is 8.83 Å². The van der Waals surface area contributed by atoms with Gasteiger partial charge < -0.3 is 13.7 Å². The first-order chi connectivity index (χ1) is 32.1. The smallest absolute Gasteiger partial charge is 0.143 e. The molecule has 0 atom stereocenters. The van der Waals surface area contributed by atoms with E-state index in [1.165, 1.54) is 0 Å². The predicted molar refractivity (Wildman–Crippen MR) is 276 cm³/mol. The van der Waals surface area contributed by atoms with Gasteiger partial charge in [0, 0.05) is 38.5 Å². The fourth-order valence-electron chi connectivity index (χ4n) is 9.19. The molecule has 9 aromatic carbocycles. The molecule has 0 fully saturated rings. The number of rotatable bonds is 11. The van der Waals surface area contributed by atoms with E-state index in [1.807, 2.05) is 30.3 Å². The molecule has 0 aliphatic heterocycles. The highest BCUT2D eigenvalue weighted by Gasteiger charge is 2.19. The van der Waals surface area contributed by atoms with E-state index in [-0.39, 0.29) is 0 Å². The summed E-state index contributed by atoms with van der Waals surface area (Å²) < 4.78 is 12.7. The SMILES string of the molecule is C=C/C=C(\c1ccccc1)c1cccc(-c2ccc(N(c3ccc(-c4cccc5oc6ccccc6c45)cc3)c3ccccc3/C=C/c3c(C=C)oc4c3ccc3ccccc34)cc2)c1. The van der Waals surface area contributed by atoms with Crippen LogP contribution in [0.25, 0.3) is 89.7 Å². The van der Waals surface area contributed by atoms with Crippen LogP contribution in [0.3, 0.4) is 0 Å². The molecule has 308 valence electrons. The van der Waals surface area contributed by atoms with Gasteiger partial charge in [-0.1, -0.05) is 183 Å². The summed E-state index contributed by atoms with van der Waals surface area (Å²) in [7, 11) is 0. The number of nitrogens with zero attached hydrogens (tertiary/aromatic N) is 1. The van der Waals surface area contributed by atoms with Gasteiger partial charge in [-0.25, -0.2) is 0 Å². The molecule has 3 heteroatoms. The number of benzene rings is 9. The third-order valence-corrected chi connectivity index (χ3v) is 12.3. The molecule has 0 N–H and O–H groups in total. The Morgan fingerprint density at radius 1 is 0.477 bits per heavy atom. The number of hydrogen-bond acceptors (Lipinski definition) is 3. The van der Waals surface area contributed by atoms with Crippen LogP contribution in [0.2, 0.25) is 0 Å². The van der Waals surface area contributed by atoms with Gasteiger partial charge in [0.1, 0.15) is 22.5 Å². The molecule has 0 spiro atoms. The number of hydrogen-bond donors (Lipinski definition) is 0. The zero-order chi connectivity index (χ0) is 43.7. The van der Waals surface area contributed by atoms with Crippen LogP contribution in [-0.4, -0.2) is 0 Å². The third-order valence-electron chi connectivity index (χ3n) is 12.3. The summed E-state index contributed by atoms with van der Waals surface area (Å²) in [4.78, 5) is 2.34. The highest BCUT2D eigenvalue weighted by atomic mass is 16.3. The average molecular weight is 834 g/mol. The Balaban J connectivity index is 1.01. The van der Waals surface area contributed by atoms with Crippen LogP contribution < -0.4 is 4.90 Å². The normalized spacial score (nSPS) is 11.8. The van der Waals surface area contributed by atoms with Crippen LogP contribution in [0.1, 0.15) is 28.0 Å². The molecule has 0 radical (unpaired) electrons. The van der Waals surface area contributed by atoms with Gasteiger partial charge in [-0.05, 0) is 117 Å². The third kappa shape index (κ3) is 7.25. The molecule has 0 aliphatic carbocycles. The number of fused-ring (bicyclic) bond motifs is 6. The molecular weight excluding hydrogens is 791 g/mol. The first kappa shape index (κ1) is 39.2. The van der Waals surface area contributed by atoms with Gasteiger partial charge in [0.15, 0.2) is 0 Å². The van der Waals surface area contributed by atoms with E-state index >= 15 is 0 Å². The topological polar surface area (TPSA) is 29.5 Å². The van der Waals surface area contributed by atoms with Crippen molar-refractivity contribution in [2.24, 2.45) is 0 Å². The maximum absolute atomic E-state index is 6.47. The van der Waals surface area contributed by atoms with Crippen LogP contribution in [0.5, 0.6) is 0 Å². The number of allylic oxidation sites excluding steroid dienone is 2. The van der Waals surface area contributed by atoms with Crippen molar-refractivity contribution >= 4 is 84.5 Å². The lowest BCUT2D eigenvalue weighted by Gasteiger charge is -2.27. The van der Waals surface area contributed by atoms with Crippen LogP contribution in [-0.2, 0) is 0 Å². The lowest BCUT2D eigenvalue weighted by molar-refractivity contribution is 0.607. The van der Waals surface area contributed by atoms with Gasteiger partial charge in [0.2, 0.25) is 0 Å². The van der Waals surface area contributed by atoms with Crippen LogP contribution in [0, 0.1) is 0 Å². The maximum Gasteiger partial charge on any atom is 0.143 e. The van der Waals surface area contributed by atoms with E-state index in [1.54, 1.807) is 6.08 Å². The summed E-state index contributed by atoms with van der Waals surface area (Å²) in [6, 6.07) is 72.7. The summed E-state index contributed by atoms with van der Waals surface area (Å²) in [5.74, 6) is 0.744. The van der Waals surface area contributed by atoms with Crippen LogP contribution in [0.4, 0.5) is 17.1 Å². The average Bonchev–Trinajstić information content (AvgIpc) is 3.95. The second-order valence-corrected chi connectivity index (χ2v) is 16.1. The van der Waals surface area contributed by atoms with E-state index in [2.05, 4.69) is 218 Å². The van der Waals surface area contributed by atoms with E-state index in [0.717, 1.165) is 117 Å². The van der Waals surface area contributed by atoms with Gasteiger partial charge in [-0.2, -0.15) is 0 Å². The van der Waals surface area contributed by atoms with Crippen molar-refractivity contribution in [1.82, 2.24) is 0 Å². The zero-order valence-corrected chi connectivity index (χ0v) is 35.7. The number of anilines is 3. The van der Waals surface area contributed by atoms with Crippen molar-refractivity contribution in [1.29, 1.82) is 0 Å². The minimum atomic E-state index is 0.744. The quantitative estimate of drug-likeness (QED) is 0.122. The molecule has 2 heterocycles. The Morgan fingerprint density at radius 2 is 1.15 bits per heavy atom. The monoisotopic (exact) mass is 833 g/mol. The van der Waals surface area contributed by atoms with Crippen molar-refractivity contribution in [3.05, 3.63) is 260 Å². The van der Waals surface area contributed by atoms with Crippen molar-refractivity contribution in [2.45, 2.75) is 0 Å². The standard InChI is InChI=1S/C62H43NO2/c1-3-16-51(43-17-6-5-7-18-43)48-22-14-21-47(41-48)42-29-35-49(36-30-42)63(50-37-31-45(32-38-50)52-25-15-28-60-61(52)56-24-11-13-27-59(56)64-60)57-26-12-9-20-46(57)34-39-54-55-40-33-44-19-8-10-23-53(44)62(55)65-58(54)4-2/h3-41H,1-2H2/b39-34+,51-16+. The predicted octanol–water partition coefficient (Wildman–Crippen LogP) is 17.7. The summed E-state index contributed by atoms with van der Waals surface area (Å²) in [5.41, 5.74) is 15.7. The van der Waals surface area contributed by atoms with Crippen molar-refractivity contribution in [3.63, 3.8) is 0 Å². The Morgan fingerprint density at radius 3 is 1.95 bits per heavy atom. The van der Waals surface area contributed by atoms with E-state index in [0.29, 0.717) is 0 Å². The highest BCUT2D eigenvalue weighted by Crippen LogP contribution is 2.42. The molecule has 3 nitrogen and oxygen atoms in total. The van der Waals surface area contributed by atoms with Crippen molar-refractivity contribution in [3.8, 4) is 22.3 Å². The molecule has 0 bridgehead atoms. The number of furan rings is 2. The lowest BCUT2D eigenvalue weighted by atomic mass is 9.94. The van der Waals surface area contributed by atoms with Crippen LogP contribution >= 0.6 is 0 Å². The largest absolute Gasteiger partial charge is 0.456 e. The zero-order valence-electron chi connectivity index (χ0n) is 35.7. The molecule has 11 rings (SSSR count). The molecule has 0 amide bonds. The molecule has 0 saturated carbocycles. The molecule has 65 heavy (non-hydrogen) atoms. The first-order valence-corrected chi connectivity index (χ1v) is 21.9. The summed E-state index contributed by atoms with van der Waals surface area (Å²) in [5, 5.41) is 5.51. The first-order valence-electron chi connectivity index (χ1n) is 21.9. The molecular formula is C62H43NO2. The molecule has 0 aliphatic rings. The fraction of sp³-hybridized carbons (Fsp3) is 0. The second-order valence-electron chi connectivity index (χ2n) is 16.1. The van der Waals surface area contributed by atoms with Gasteiger partial charge >= 0.3 is 0 Å². The van der Waals surface area contributed by atoms with E-state index in [9.17, 15) is 0 Å². The van der Waals surface area contributed by atoms with Crippen molar-refractivity contribution in [2.75, 3.05) is 4.90 Å². The Hall–Kier alpha value is -8.66. The highest BCUT2D eigenvalue weighted by molar-refractivity contribution is 6.12. The molecule has 0 unspecified atom stereocenters. The molecule has 0 saturated heterocycles. The summed E-state index contributed by atoms with van der Waals surface area (Å²) in [6.07, 6.45) is 10.1. The Bertz CT molecular complexity index is 3620. The fourth-order valence-corrected chi connectivity index (χ4v) is 9.19. The minimum absolute atomic E-state index is 0.744. The Kier molecular flexibility index (Phi) is 10.2. The van der Waals surface area contributed by atoms with Gasteiger partial charge in [0.25, 0.3) is 0 Å². The summed E-state index contributed by atoms with van der Waals surface area (Å²) in [6.45, 7) is 8.13. The second kappa shape index (κ2) is 16.9. The van der Waals surface area contributed by atoms with Gasteiger partial charge in [-0.15, -0.1) is 0 Å². The Labute approximate surface area is 378 Å². The van der Waals surface area contributed by atoms with Crippen LogP contribution in [0.15, 0.2) is 240 Å². The molecule has 2 aromatic heterocycles. The van der Waals surface area contributed by atoms with Gasteiger partial charge in [-0.3, -0.25) is 0 Å². The summed E-state index contributed by atoms with van der Waals surface area (Å²) >= 11 is 0. The maximum atomic E-state index is 6.47. The van der Waals surface area contributed by atoms with Gasteiger partial charge in [0.05, 0.1) is 5.69 Å². The minimum Gasteiger partial charge on any atom is -0.456 e.